The second-order valence-corrected chi connectivity index (χ2v) is 8.54. The van der Waals surface area contributed by atoms with Gasteiger partial charge in [0.2, 0.25) is 0 Å². The van der Waals surface area contributed by atoms with Crippen molar-refractivity contribution in [1.82, 2.24) is 0 Å². The molecule has 0 N–H and O–H groups in total. The number of allylic oxidation sites excluding steroid dienone is 2. The quantitative estimate of drug-likeness (QED) is 0.111. The van der Waals surface area contributed by atoms with Crippen LogP contribution in [0.25, 0.3) is 0 Å². The third-order valence-electron chi connectivity index (χ3n) is 5.47. The fourth-order valence-electron chi connectivity index (χ4n) is 3.45. The summed E-state index contributed by atoms with van der Waals surface area (Å²) in [6.07, 6.45) is 20.8. The van der Waals surface area contributed by atoms with Crippen molar-refractivity contribution >= 4 is 17.6 Å². The zero-order valence-electron chi connectivity index (χ0n) is 20.0. The van der Waals surface area contributed by atoms with Gasteiger partial charge in [-0.3, -0.25) is 4.79 Å². The maximum Gasteiger partial charge on any atom is 0.345 e. The van der Waals surface area contributed by atoms with Crippen LogP contribution in [0.2, 0.25) is 0 Å². The van der Waals surface area contributed by atoms with Gasteiger partial charge in [-0.25, -0.2) is 4.79 Å². The number of esters is 2. The molecule has 0 atom stereocenters. The molecule has 0 aliphatic rings. The summed E-state index contributed by atoms with van der Waals surface area (Å²) in [5, 5.41) is 0. The van der Waals surface area contributed by atoms with Crippen molar-refractivity contribution in [1.29, 1.82) is 0 Å². The zero-order chi connectivity index (χ0) is 22.7. The van der Waals surface area contributed by atoms with E-state index in [2.05, 4.69) is 19.1 Å². The SMILES string of the molecule is CCCCCCCC/C=C/CCCCCCCC(=O)OC(=O)c1ccc(N(C)C)cc1. The summed E-state index contributed by atoms with van der Waals surface area (Å²) >= 11 is 0. The van der Waals surface area contributed by atoms with Gasteiger partial charge in [0, 0.05) is 26.2 Å². The Morgan fingerprint density at radius 1 is 0.774 bits per heavy atom. The molecule has 0 aliphatic heterocycles. The Hall–Kier alpha value is -2.10. The van der Waals surface area contributed by atoms with Crippen LogP contribution in [-0.2, 0) is 9.53 Å². The van der Waals surface area contributed by atoms with Crippen molar-refractivity contribution in [3.05, 3.63) is 42.0 Å². The van der Waals surface area contributed by atoms with Crippen LogP contribution >= 0.6 is 0 Å². The predicted octanol–water partition coefficient (Wildman–Crippen LogP) is 7.47. The van der Waals surface area contributed by atoms with Crippen molar-refractivity contribution in [3.63, 3.8) is 0 Å². The molecule has 1 aromatic rings. The summed E-state index contributed by atoms with van der Waals surface area (Å²) in [5.41, 5.74) is 1.40. The lowest BCUT2D eigenvalue weighted by Gasteiger charge is -2.12. The van der Waals surface area contributed by atoms with Crippen LogP contribution in [0.15, 0.2) is 36.4 Å². The minimum atomic E-state index is -0.567. The first-order valence-corrected chi connectivity index (χ1v) is 12.2. The fraction of sp³-hybridized carbons (Fsp3) is 0.630. The Labute approximate surface area is 190 Å². The molecule has 174 valence electrons. The van der Waals surface area contributed by atoms with E-state index in [9.17, 15) is 9.59 Å². The Morgan fingerprint density at radius 2 is 1.29 bits per heavy atom. The average molecular weight is 430 g/mol. The van der Waals surface area contributed by atoms with E-state index in [0.29, 0.717) is 12.0 Å². The lowest BCUT2D eigenvalue weighted by Crippen LogP contribution is -2.13. The van der Waals surface area contributed by atoms with Crippen LogP contribution in [0.3, 0.4) is 0 Å². The monoisotopic (exact) mass is 429 g/mol. The minimum absolute atomic E-state index is 0.305. The van der Waals surface area contributed by atoms with Crippen LogP contribution in [0, 0.1) is 0 Å². The van der Waals surface area contributed by atoms with Crippen LogP contribution in [0.1, 0.15) is 107 Å². The lowest BCUT2D eigenvalue weighted by atomic mass is 10.1. The molecule has 0 unspecified atom stereocenters. The molecule has 4 nitrogen and oxygen atoms in total. The number of ether oxygens (including phenoxy) is 1. The molecule has 0 amide bonds. The van der Waals surface area contributed by atoms with Gasteiger partial charge in [-0.05, 0) is 56.4 Å². The lowest BCUT2D eigenvalue weighted by molar-refractivity contribution is -0.138. The first-order valence-electron chi connectivity index (χ1n) is 12.2. The van der Waals surface area contributed by atoms with E-state index < -0.39 is 11.9 Å². The normalized spacial score (nSPS) is 11.1. The van der Waals surface area contributed by atoms with Gasteiger partial charge < -0.3 is 9.64 Å². The largest absolute Gasteiger partial charge is 0.389 e. The molecule has 0 heterocycles. The van der Waals surface area contributed by atoms with Crippen molar-refractivity contribution in [3.8, 4) is 0 Å². The summed E-state index contributed by atoms with van der Waals surface area (Å²) < 4.78 is 4.96. The molecule has 0 saturated heterocycles. The van der Waals surface area contributed by atoms with Gasteiger partial charge in [0.1, 0.15) is 0 Å². The van der Waals surface area contributed by atoms with Crippen LogP contribution in [0.4, 0.5) is 5.69 Å². The predicted molar refractivity (Wildman–Crippen MR) is 131 cm³/mol. The number of nitrogens with zero attached hydrogens (tertiary/aromatic N) is 1. The number of benzene rings is 1. The van der Waals surface area contributed by atoms with Gasteiger partial charge in [0.25, 0.3) is 0 Å². The zero-order valence-corrected chi connectivity index (χ0v) is 20.0. The van der Waals surface area contributed by atoms with E-state index in [1.165, 1.54) is 57.8 Å². The molecular weight excluding hydrogens is 386 g/mol. The van der Waals surface area contributed by atoms with E-state index >= 15 is 0 Å². The maximum atomic E-state index is 12.0. The maximum absolute atomic E-state index is 12.0. The van der Waals surface area contributed by atoms with Gasteiger partial charge in [-0.15, -0.1) is 0 Å². The molecule has 0 aromatic heterocycles. The fourth-order valence-corrected chi connectivity index (χ4v) is 3.45. The highest BCUT2D eigenvalue weighted by atomic mass is 16.6. The van der Waals surface area contributed by atoms with Crippen molar-refractivity contribution in [2.45, 2.75) is 96.8 Å². The van der Waals surface area contributed by atoms with Gasteiger partial charge in [0.05, 0.1) is 5.56 Å². The number of unbranched alkanes of at least 4 members (excludes halogenated alkanes) is 11. The molecule has 0 saturated carbocycles. The summed E-state index contributed by atoms with van der Waals surface area (Å²) in [5.74, 6) is -0.998. The molecule has 4 heteroatoms. The van der Waals surface area contributed by atoms with Gasteiger partial charge in [-0.1, -0.05) is 70.4 Å². The summed E-state index contributed by atoms with van der Waals surface area (Å²) in [6, 6.07) is 7.05. The number of carbonyl (C=O) groups excluding carboxylic acids is 2. The number of anilines is 1. The number of carbonyl (C=O) groups is 2. The molecule has 31 heavy (non-hydrogen) atoms. The number of hydrogen-bond acceptors (Lipinski definition) is 4. The van der Waals surface area contributed by atoms with E-state index in [-0.39, 0.29) is 0 Å². The smallest absolute Gasteiger partial charge is 0.345 e. The minimum Gasteiger partial charge on any atom is -0.389 e. The second-order valence-electron chi connectivity index (χ2n) is 8.54. The van der Waals surface area contributed by atoms with E-state index in [0.717, 1.165) is 31.4 Å². The Morgan fingerprint density at radius 3 is 1.84 bits per heavy atom. The highest BCUT2D eigenvalue weighted by Crippen LogP contribution is 2.14. The van der Waals surface area contributed by atoms with Gasteiger partial charge in [0.15, 0.2) is 0 Å². The third-order valence-corrected chi connectivity index (χ3v) is 5.47. The Balaban J connectivity index is 1.98. The Bertz CT molecular complexity index is 634. The molecule has 0 spiro atoms. The Kier molecular flexibility index (Phi) is 15.3. The number of hydrogen-bond donors (Lipinski definition) is 0. The summed E-state index contributed by atoms with van der Waals surface area (Å²) in [7, 11) is 3.87. The second kappa shape index (κ2) is 17.6. The third kappa shape index (κ3) is 13.7. The first kappa shape index (κ1) is 26.9. The van der Waals surface area contributed by atoms with Gasteiger partial charge >= 0.3 is 11.9 Å². The van der Waals surface area contributed by atoms with Gasteiger partial charge in [-0.2, -0.15) is 0 Å². The first-order chi connectivity index (χ1) is 15.0. The van der Waals surface area contributed by atoms with E-state index in [1.807, 2.05) is 31.1 Å². The summed E-state index contributed by atoms with van der Waals surface area (Å²) in [4.78, 5) is 25.9. The number of rotatable bonds is 17. The van der Waals surface area contributed by atoms with Crippen molar-refractivity contribution < 1.29 is 14.3 Å². The molecule has 1 aromatic carbocycles. The molecular formula is C27H43NO3. The molecule has 0 bridgehead atoms. The van der Waals surface area contributed by atoms with Crippen molar-refractivity contribution in [2.75, 3.05) is 19.0 Å². The van der Waals surface area contributed by atoms with Crippen LogP contribution in [-0.4, -0.2) is 26.0 Å². The molecule has 1 rings (SSSR count). The van der Waals surface area contributed by atoms with Crippen molar-refractivity contribution in [2.24, 2.45) is 0 Å². The van der Waals surface area contributed by atoms with E-state index in [1.54, 1.807) is 12.1 Å². The highest BCUT2D eigenvalue weighted by Gasteiger charge is 2.12. The van der Waals surface area contributed by atoms with E-state index in [4.69, 9.17) is 4.74 Å². The molecule has 0 aliphatic carbocycles. The topological polar surface area (TPSA) is 46.6 Å². The van der Waals surface area contributed by atoms with Crippen LogP contribution in [0.5, 0.6) is 0 Å². The standard InChI is InChI=1S/C27H43NO3/c1-4-5-6-7-8-9-10-11-12-13-14-15-16-17-18-19-26(29)31-27(30)24-20-22-25(23-21-24)28(2)3/h11-12,20-23H,4-10,13-19H2,1-3H3/b12-11+. The molecule has 0 fully saturated rings. The summed E-state index contributed by atoms with van der Waals surface area (Å²) in [6.45, 7) is 2.26. The highest BCUT2D eigenvalue weighted by molar-refractivity contribution is 5.97. The molecule has 0 radical (unpaired) electrons. The van der Waals surface area contributed by atoms with Crippen LogP contribution < -0.4 is 4.90 Å². The average Bonchev–Trinajstić information content (AvgIpc) is 2.76.